The lowest BCUT2D eigenvalue weighted by Crippen LogP contribution is -2.47. The van der Waals surface area contributed by atoms with Gasteiger partial charge in [-0.25, -0.2) is 0 Å². The summed E-state index contributed by atoms with van der Waals surface area (Å²) in [5, 5.41) is 3.34. The van der Waals surface area contributed by atoms with Gasteiger partial charge in [0.2, 0.25) is 0 Å². The largest absolute Gasteiger partial charge is 0.466 e. The van der Waals surface area contributed by atoms with Crippen molar-refractivity contribution in [2.75, 3.05) is 53.1 Å². The van der Waals surface area contributed by atoms with Gasteiger partial charge in [-0.1, -0.05) is 0 Å². The third-order valence-corrected chi connectivity index (χ3v) is 4.03. The van der Waals surface area contributed by atoms with E-state index in [1.807, 2.05) is 6.92 Å². The van der Waals surface area contributed by atoms with E-state index in [1.54, 1.807) is 7.11 Å². The summed E-state index contributed by atoms with van der Waals surface area (Å²) in [4.78, 5) is 18.3. The number of nitrogens with zero attached hydrogens (tertiary/aromatic N) is 2. The molecule has 0 bridgehead atoms. The zero-order valence-corrected chi connectivity index (χ0v) is 18.8. The molecule has 0 radical (unpaired) electrons. The average Bonchev–Trinajstić information content (AvgIpc) is 2.62. The van der Waals surface area contributed by atoms with Crippen LogP contribution in [0.2, 0.25) is 0 Å². The van der Waals surface area contributed by atoms with E-state index in [9.17, 15) is 4.79 Å². The molecule has 0 amide bonds. The average molecular weight is 485 g/mol. The van der Waals surface area contributed by atoms with E-state index in [0.29, 0.717) is 32.1 Å². The number of carbonyl (C=O) groups excluding carboxylic acids is 1. The number of aliphatic imine (C=N–C) groups is 1. The van der Waals surface area contributed by atoms with Crippen molar-refractivity contribution in [1.29, 1.82) is 0 Å². The number of nitrogens with one attached hydrogen (secondary N) is 1. The van der Waals surface area contributed by atoms with Gasteiger partial charge in [0, 0.05) is 52.9 Å². The van der Waals surface area contributed by atoms with Crippen LogP contribution in [0.4, 0.5) is 0 Å². The van der Waals surface area contributed by atoms with Crippen molar-refractivity contribution in [3.8, 4) is 0 Å². The van der Waals surface area contributed by atoms with Gasteiger partial charge in [-0.3, -0.25) is 9.79 Å². The van der Waals surface area contributed by atoms with Gasteiger partial charge in [0.25, 0.3) is 0 Å². The molecule has 0 aliphatic carbocycles. The Morgan fingerprint density at radius 1 is 1.19 bits per heavy atom. The molecule has 1 fully saturated rings. The Hall–Kier alpha value is -0.610. The minimum absolute atomic E-state index is 0. The van der Waals surface area contributed by atoms with Gasteiger partial charge >= 0.3 is 5.97 Å². The maximum absolute atomic E-state index is 11.4. The van der Waals surface area contributed by atoms with Crippen LogP contribution >= 0.6 is 24.0 Å². The number of rotatable bonds is 11. The standard InChI is InChI=1S/C18H35N3O4.HI/c1-4-19-18(20-11-6-8-17(22)24-5-2)21-12-9-16(10-13-21)25-15-7-14-23-3;/h16H,4-15H2,1-3H3,(H,19,20);1H. The lowest BCUT2D eigenvalue weighted by molar-refractivity contribution is -0.143. The number of hydrogen-bond donors (Lipinski definition) is 1. The highest BCUT2D eigenvalue weighted by atomic mass is 127. The maximum atomic E-state index is 11.4. The lowest BCUT2D eigenvalue weighted by atomic mass is 10.1. The summed E-state index contributed by atoms with van der Waals surface area (Å²) in [6, 6.07) is 0. The second-order valence-corrected chi connectivity index (χ2v) is 6.05. The normalized spacial score (nSPS) is 15.5. The zero-order chi connectivity index (χ0) is 18.3. The Bertz CT molecular complexity index is 389. The van der Waals surface area contributed by atoms with Crippen LogP contribution in [-0.2, 0) is 19.0 Å². The Labute approximate surface area is 175 Å². The van der Waals surface area contributed by atoms with Gasteiger partial charge in [0.1, 0.15) is 0 Å². The summed E-state index contributed by atoms with van der Waals surface area (Å²) in [6.07, 6.45) is 4.45. The summed E-state index contributed by atoms with van der Waals surface area (Å²) in [5.74, 6) is 0.790. The van der Waals surface area contributed by atoms with Crippen LogP contribution in [0.25, 0.3) is 0 Å². The summed E-state index contributed by atoms with van der Waals surface area (Å²) < 4.78 is 15.9. The molecule has 26 heavy (non-hydrogen) atoms. The molecule has 1 aliphatic heterocycles. The molecule has 1 saturated heterocycles. The van der Waals surface area contributed by atoms with Crippen molar-refractivity contribution in [3.05, 3.63) is 0 Å². The number of methoxy groups -OCH3 is 1. The van der Waals surface area contributed by atoms with E-state index in [0.717, 1.165) is 58.1 Å². The van der Waals surface area contributed by atoms with E-state index >= 15 is 0 Å². The van der Waals surface area contributed by atoms with Crippen LogP contribution in [0, 0.1) is 0 Å². The summed E-state index contributed by atoms with van der Waals surface area (Å²) in [5.41, 5.74) is 0. The quantitative estimate of drug-likeness (QED) is 0.159. The first-order chi connectivity index (χ1) is 12.2. The molecule has 1 heterocycles. The highest BCUT2D eigenvalue weighted by molar-refractivity contribution is 14.0. The summed E-state index contributed by atoms with van der Waals surface area (Å²) >= 11 is 0. The number of piperidine rings is 1. The predicted octanol–water partition coefficient (Wildman–Crippen LogP) is 2.43. The van der Waals surface area contributed by atoms with Crippen molar-refractivity contribution in [1.82, 2.24) is 10.2 Å². The first-order valence-electron chi connectivity index (χ1n) is 9.50. The van der Waals surface area contributed by atoms with E-state index in [2.05, 4.69) is 22.1 Å². The van der Waals surface area contributed by atoms with E-state index < -0.39 is 0 Å². The van der Waals surface area contributed by atoms with Crippen LogP contribution in [0.3, 0.4) is 0 Å². The van der Waals surface area contributed by atoms with Gasteiger partial charge < -0.3 is 24.4 Å². The first kappa shape index (κ1) is 25.4. The number of likely N-dealkylation sites (tertiary alicyclic amines) is 1. The molecule has 0 saturated carbocycles. The van der Waals surface area contributed by atoms with E-state index in [1.165, 1.54) is 0 Å². The fourth-order valence-corrected chi connectivity index (χ4v) is 2.75. The van der Waals surface area contributed by atoms with E-state index in [4.69, 9.17) is 14.2 Å². The molecule has 154 valence electrons. The molecule has 8 heteroatoms. The molecular formula is C18H36IN3O4. The van der Waals surface area contributed by atoms with Crippen molar-refractivity contribution in [2.24, 2.45) is 4.99 Å². The Kier molecular flexibility index (Phi) is 16.2. The highest BCUT2D eigenvalue weighted by Gasteiger charge is 2.21. The van der Waals surface area contributed by atoms with Crippen LogP contribution in [0.5, 0.6) is 0 Å². The fourth-order valence-electron chi connectivity index (χ4n) is 2.75. The Morgan fingerprint density at radius 2 is 1.92 bits per heavy atom. The molecule has 0 unspecified atom stereocenters. The molecule has 1 rings (SSSR count). The number of guanidine groups is 1. The third-order valence-electron chi connectivity index (χ3n) is 4.03. The highest BCUT2D eigenvalue weighted by Crippen LogP contribution is 2.14. The second kappa shape index (κ2) is 16.6. The van der Waals surface area contributed by atoms with Crippen LogP contribution < -0.4 is 5.32 Å². The van der Waals surface area contributed by atoms with Gasteiger partial charge in [-0.2, -0.15) is 0 Å². The van der Waals surface area contributed by atoms with Gasteiger partial charge in [-0.15, -0.1) is 24.0 Å². The van der Waals surface area contributed by atoms with Crippen molar-refractivity contribution in [3.63, 3.8) is 0 Å². The zero-order valence-electron chi connectivity index (χ0n) is 16.5. The number of ether oxygens (including phenoxy) is 3. The molecule has 0 atom stereocenters. The molecule has 0 aromatic rings. The topological polar surface area (TPSA) is 72.4 Å². The number of halogens is 1. The fraction of sp³-hybridized carbons (Fsp3) is 0.889. The minimum atomic E-state index is -0.144. The Balaban J connectivity index is 0.00000625. The van der Waals surface area contributed by atoms with Crippen LogP contribution in [0.15, 0.2) is 4.99 Å². The SMILES string of the molecule is CCNC(=NCCCC(=O)OCC)N1CCC(OCCCOC)CC1.I. The third kappa shape index (κ3) is 11.2. The Morgan fingerprint density at radius 3 is 2.54 bits per heavy atom. The van der Waals surface area contributed by atoms with Crippen molar-refractivity contribution < 1.29 is 19.0 Å². The second-order valence-electron chi connectivity index (χ2n) is 6.05. The summed E-state index contributed by atoms with van der Waals surface area (Å²) in [6.45, 7) is 9.20. The molecule has 0 aromatic heterocycles. The van der Waals surface area contributed by atoms with E-state index in [-0.39, 0.29) is 29.9 Å². The molecule has 1 N–H and O–H groups in total. The number of hydrogen-bond acceptors (Lipinski definition) is 5. The molecule has 0 aromatic carbocycles. The van der Waals surface area contributed by atoms with Crippen LogP contribution in [0.1, 0.15) is 46.0 Å². The van der Waals surface area contributed by atoms with Crippen LogP contribution in [-0.4, -0.2) is 76.0 Å². The first-order valence-corrected chi connectivity index (χ1v) is 9.50. The van der Waals surface area contributed by atoms with Gasteiger partial charge in [0.15, 0.2) is 5.96 Å². The van der Waals surface area contributed by atoms with Crippen molar-refractivity contribution >= 4 is 35.9 Å². The smallest absolute Gasteiger partial charge is 0.305 e. The summed E-state index contributed by atoms with van der Waals surface area (Å²) in [7, 11) is 1.72. The maximum Gasteiger partial charge on any atom is 0.305 e. The van der Waals surface area contributed by atoms with Crippen molar-refractivity contribution in [2.45, 2.75) is 52.1 Å². The minimum Gasteiger partial charge on any atom is -0.466 e. The monoisotopic (exact) mass is 485 g/mol. The predicted molar refractivity (Wildman–Crippen MR) is 114 cm³/mol. The molecular weight excluding hydrogens is 449 g/mol. The number of esters is 1. The van der Waals surface area contributed by atoms with Gasteiger partial charge in [-0.05, 0) is 39.5 Å². The molecule has 1 aliphatic rings. The molecule has 0 spiro atoms. The number of carbonyl (C=O) groups is 1. The molecule has 7 nitrogen and oxygen atoms in total. The van der Waals surface area contributed by atoms with Gasteiger partial charge in [0.05, 0.1) is 12.7 Å². The lowest BCUT2D eigenvalue weighted by Gasteiger charge is -2.34.